The minimum atomic E-state index is -0.541. The fourth-order valence-corrected chi connectivity index (χ4v) is 4.07. The molecule has 1 saturated heterocycles. The first kappa shape index (κ1) is 24.4. The van der Waals surface area contributed by atoms with Crippen molar-refractivity contribution in [2.24, 2.45) is 5.73 Å². The maximum absolute atomic E-state index is 12.7. The van der Waals surface area contributed by atoms with Gasteiger partial charge < -0.3 is 20.7 Å². The highest BCUT2D eigenvalue weighted by molar-refractivity contribution is 5.95. The van der Waals surface area contributed by atoms with Crippen LogP contribution in [-0.4, -0.2) is 54.8 Å². The predicted octanol–water partition coefficient (Wildman–Crippen LogP) is 3.04. The summed E-state index contributed by atoms with van der Waals surface area (Å²) in [6, 6.07) is 22.5. The number of carbonyl (C=O) groups excluding carboxylic acids is 2. The molecule has 1 aliphatic rings. The summed E-state index contributed by atoms with van der Waals surface area (Å²) in [5.74, 6) is -0.266. The Morgan fingerprint density at radius 2 is 1.60 bits per heavy atom. The lowest BCUT2D eigenvalue weighted by Gasteiger charge is -2.32. The highest BCUT2D eigenvalue weighted by Gasteiger charge is 2.14. The van der Waals surface area contributed by atoms with Gasteiger partial charge in [0, 0.05) is 44.8 Å². The number of nitrogens with two attached hydrogens (primary N) is 1. The summed E-state index contributed by atoms with van der Waals surface area (Å²) < 4.78 is 5.78. The number of amides is 2. The van der Waals surface area contributed by atoms with E-state index in [1.165, 1.54) is 5.56 Å². The molecule has 3 N–H and O–H groups in total. The van der Waals surface area contributed by atoms with Crippen LogP contribution in [0.25, 0.3) is 0 Å². The van der Waals surface area contributed by atoms with E-state index in [2.05, 4.69) is 46.4 Å². The second-order valence-corrected chi connectivity index (χ2v) is 8.93. The topological polar surface area (TPSA) is 87.9 Å². The zero-order valence-electron chi connectivity index (χ0n) is 20.1. The number of benzene rings is 3. The van der Waals surface area contributed by atoms with Crippen LogP contribution in [0.3, 0.4) is 0 Å². The molecular formula is C28H32N4O3. The van der Waals surface area contributed by atoms with Gasteiger partial charge in [-0.05, 0) is 48.0 Å². The lowest BCUT2D eigenvalue weighted by Crippen LogP contribution is -2.43. The standard InChI is InChI=1S/C28H32N4O3/c1-31-13-15-32(16-14-31)19-22-11-9-21(10-12-22)18-30-28(34)24-6-4-5-23(17-24)20-35-26-8-3-2-7-25(26)27(29)33/h2-12,17H,13-16,18-20H2,1H3,(H2,29,33)(H,30,34). The van der Waals surface area contributed by atoms with E-state index in [4.69, 9.17) is 10.5 Å². The smallest absolute Gasteiger partial charge is 0.252 e. The fourth-order valence-electron chi connectivity index (χ4n) is 4.07. The molecule has 0 spiro atoms. The number of ether oxygens (including phenoxy) is 1. The third kappa shape index (κ3) is 6.91. The normalized spacial score (nSPS) is 14.4. The SMILES string of the molecule is CN1CCN(Cc2ccc(CNC(=O)c3cccc(COc4ccccc4C(N)=O)c3)cc2)CC1. The molecule has 1 aliphatic heterocycles. The lowest BCUT2D eigenvalue weighted by atomic mass is 10.1. The molecule has 3 aromatic carbocycles. The molecule has 0 bridgehead atoms. The third-order valence-corrected chi connectivity index (χ3v) is 6.21. The van der Waals surface area contributed by atoms with Crippen LogP contribution in [0.1, 0.15) is 37.4 Å². The Morgan fingerprint density at radius 1 is 0.886 bits per heavy atom. The fraction of sp³-hybridized carbons (Fsp3) is 0.286. The minimum absolute atomic E-state index is 0.147. The van der Waals surface area contributed by atoms with Crippen LogP contribution < -0.4 is 15.8 Å². The van der Waals surface area contributed by atoms with E-state index in [0.717, 1.165) is 43.9 Å². The van der Waals surface area contributed by atoms with Crippen LogP contribution >= 0.6 is 0 Å². The minimum Gasteiger partial charge on any atom is -0.488 e. The number of rotatable bonds is 9. The van der Waals surface area contributed by atoms with Gasteiger partial charge in [-0.15, -0.1) is 0 Å². The Morgan fingerprint density at radius 3 is 2.34 bits per heavy atom. The van der Waals surface area contributed by atoms with Gasteiger partial charge in [-0.2, -0.15) is 0 Å². The largest absolute Gasteiger partial charge is 0.488 e. The number of hydrogen-bond acceptors (Lipinski definition) is 5. The first-order valence-corrected chi connectivity index (χ1v) is 11.9. The molecule has 35 heavy (non-hydrogen) atoms. The second kappa shape index (κ2) is 11.6. The van der Waals surface area contributed by atoms with Crippen LogP contribution in [0.4, 0.5) is 0 Å². The summed E-state index contributed by atoms with van der Waals surface area (Å²) in [6.45, 7) is 6.04. The Labute approximate surface area is 206 Å². The number of piperazine rings is 1. The van der Waals surface area contributed by atoms with Gasteiger partial charge in [-0.1, -0.05) is 48.5 Å². The molecule has 2 amide bonds. The van der Waals surface area contributed by atoms with Crippen LogP contribution in [0.5, 0.6) is 5.75 Å². The number of nitrogens with zero attached hydrogens (tertiary/aromatic N) is 2. The Kier molecular flexibility index (Phi) is 8.13. The monoisotopic (exact) mass is 472 g/mol. The van der Waals surface area contributed by atoms with E-state index in [0.29, 0.717) is 23.4 Å². The van der Waals surface area contributed by atoms with Gasteiger partial charge in [0.05, 0.1) is 5.56 Å². The van der Waals surface area contributed by atoms with E-state index in [-0.39, 0.29) is 12.5 Å². The zero-order valence-corrected chi connectivity index (χ0v) is 20.1. The van der Waals surface area contributed by atoms with Crippen molar-refractivity contribution < 1.29 is 14.3 Å². The van der Waals surface area contributed by atoms with Crippen molar-refractivity contribution in [2.75, 3.05) is 33.2 Å². The van der Waals surface area contributed by atoms with Gasteiger partial charge in [-0.3, -0.25) is 14.5 Å². The molecule has 7 nitrogen and oxygen atoms in total. The van der Waals surface area contributed by atoms with Crippen LogP contribution in [0.2, 0.25) is 0 Å². The number of nitrogens with one attached hydrogen (secondary N) is 1. The Bertz CT molecular complexity index is 1150. The quantitative estimate of drug-likeness (QED) is 0.500. The van der Waals surface area contributed by atoms with Crippen molar-refractivity contribution in [1.29, 1.82) is 0 Å². The van der Waals surface area contributed by atoms with Crippen LogP contribution in [-0.2, 0) is 19.7 Å². The molecule has 0 radical (unpaired) electrons. The maximum Gasteiger partial charge on any atom is 0.252 e. The van der Waals surface area contributed by atoms with E-state index in [9.17, 15) is 9.59 Å². The number of hydrogen-bond donors (Lipinski definition) is 2. The number of carbonyl (C=O) groups is 2. The third-order valence-electron chi connectivity index (χ3n) is 6.21. The Hall–Kier alpha value is -3.68. The first-order chi connectivity index (χ1) is 17.0. The summed E-state index contributed by atoms with van der Waals surface area (Å²) in [4.78, 5) is 29.1. The molecule has 0 unspecified atom stereocenters. The molecule has 0 aromatic heterocycles. The second-order valence-electron chi connectivity index (χ2n) is 8.93. The van der Waals surface area contributed by atoms with Crippen LogP contribution in [0.15, 0.2) is 72.8 Å². The molecule has 1 heterocycles. The molecular weight excluding hydrogens is 440 g/mol. The maximum atomic E-state index is 12.7. The van der Waals surface area contributed by atoms with Gasteiger partial charge in [0.25, 0.3) is 11.8 Å². The predicted molar refractivity (Wildman–Crippen MR) is 136 cm³/mol. The van der Waals surface area contributed by atoms with Gasteiger partial charge in [-0.25, -0.2) is 0 Å². The average Bonchev–Trinajstić information content (AvgIpc) is 2.88. The van der Waals surface area contributed by atoms with E-state index in [1.807, 2.05) is 12.1 Å². The van der Waals surface area contributed by atoms with Crippen molar-refractivity contribution >= 4 is 11.8 Å². The zero-order chi connectivity index (χ0) is 24.6. The lowest BCUT2D eigenvalue weighted by molar-refractivity contribution is 0.0949. The summed E-state index contributed by atoms with van der Waals surface area (Å²) in [5, 5.41) is 2.99. The molecule has 182 valence electrons. The molecule has 0 atom stereocenters. The highest BCUT2D eigenvalue weighted by Crippen LogP contribution is 2.19. The summed E-state index contributed by atoms with van der Waals surface area (Å²) in [6.07, 6.45) is 0. The van der Waals surface area contributed by atoms with Gasteiger partial charge in [0.2, 0.25) is 0 Å². The summed E-state index contributed by atoms with van der Waals surface area (Å²) in [5.41, 5.74) is 9.46. The molecule has 0 saturated carbocycles. The average molecular weight is 473 g/mol. The highest BCUT2D eigenvalue weighted by atomic mass is 16.5. The summed E-state index contributed by atoms with van der Waals surface area (Å²) >= 11 is 0. The van der Waals surface area contributed by atoms with Crippen molar-refractivity contribution in [1.82, 2.24) is 15.1 Å². The van der Waals surface area contributed by atoms with Gasteiger partial charge >= 0.3 is 0 Å². The van der Waals surface area contributed by atoms with Crippen molar-refractivity contribution in [2.45, 2.75) is 19.7 Å². The van der Waals surface area contributed by atoms with Crippen molar-refractivity contribution in [3.05, 3.63) is 101 Å². The van der Waals surface area contributed by atoms with E-state index < -0.39 is 5.91 Å². The molecule has 7 heteroatoms. The van der Waals surface area contributed by atoms with E-state index >= 15 is 0 Å². The molecule has 1 fully saturated rings. The molecule has 3 aromatic rings. The number of primary amides is 1. The van der Waals surface area contributed by atoms with Gasteiger partial charge in [0.15, 0.2) is 0 Å². The molecule has 4 rings (SSSR count). The first-order valence-electron chi connectivity index (χ1n) is 11.9. The van der Waals surface area contributed by atoms with Crippen molar-refractivity contribution in [3.8, 4) is 5.75 Å². The van der Waals surface area contributed by atoms with Gasteiger partial charge in [0.1, 0.15) is 12.4 Å². The number of likely N-dealkylation sites (N-methyl/N-ethyl adjacent to an activating group) is 1. The van der Waals surface area contributed by atoms with E-state index in [1.54, 1.807) is 36.4 Å². The Balaban J connectivity index is 1.28. The van der Waals surface area contributed by atoms with Crippen molar-refractivity contribution in [3.63, 3.8) is 0 Å². The summed E-state index contributed by atoms with van der Waals surface area (Å²) in [7, 11) is 2.16. The van der Waals surface area contributed by atoms with Crippen LogP contribution in [0, 0.1) is 0 Å². The number of para-hydroxylation sites is 1. The molecule has 0 aliphatic carbocycles.